The van der Waals surface area contributed by atoms with Crippen molar-refractivity contribution in [2.75, 3.05) is 6.54 Å². The first-order chi connectivity index (χ1) is 11.1. The largest absolute Gasteiger partial charge is 0.356 e. The summed E-state index contributed by atoms with van der Waals surface area (Å²) in [4.78, 5) is 20.5. The van der Waals surface area contributed by atoms with Gasteiger partial charge in [-0.25, -0.2) is 4.98 Å². The monoisotopic (exact) mass is 315 g/mol. The van der Waals surface area contributed by atoms with E-state index in [1.807, 2.05) is 0 Å². The minimum Gasteiger partial charge on any atom is -0.356 e. The number of rotatable bonds is 5. The lowest BCUT2D eigenvalue weighted by Gasteiger charge is -2.21. The molecular weight excluding hydrogens is 286 g/mol. The Hall–Kier alpha value is -1.58. The van der Waals surface area contributed by atoms with Crippen molar-refractivity contribution >= 4 is 5.91 Å². The van der Waals surface area contributed by atoms with Gasteiger partial charge in [0, 0.05) is 30.5 Å². The molecule has 0 fully saturated rings. The molecule has 0 saturated heterocycles. The Balaban J connectivity index is 1.49. The van der Waals surface area contributed by atoms with Crippen molar-refractivity contribution in [2.24, 2.45) is 5.92 Å². The lowest BCUT2D eigenvalue weighted by atomic mass is 9.89. The van der Waals surface area contributed by atoms with Crippen molar-refractivity contribution < 1.29 is 4.79 Å². The number of aromatic amines is 1. The average molecular weight is 315 g/mol. The molecular formula is C19H29N3O. The number of hydrogen-bond acceptors (Lipinski definition) is 2. The van der Waals surface area contributed by atoms with Crippen molar-refractivity contribution in [1.82, 2.24) is 15.3 Å². The fourth-order valence-electron chi connectivity index (χ4n) is 3.62. The summed E-state index contributed by atoms with van der Waals surface area (Å²) in [6.07, 6.45) is 11.1. The van der Waals surface area contributed by atoms with E-state index in [1.54, 1.807) is 0 Å². The van der Waals surface area contributed by atoms with Gasteiger partial charge >= 0.3 is 0 Å². The van der Waals surface area contributed by atoms with Gasteiger partial charge in [-0.1, -0.05) is 25.5 Å². The Morgan fingerprint density at radius 3 is 3.00 bits per heavy atom. The van der Waals surface area contributed by atoms with Crippen LogP contribution in [0.5, 0.6) is 0 Å². The highest BCUT2D eigenvalue weighted by Crippen LogP contribution is 2.26. The zero-order valence-electron chi connectivity index (χ0n) is 14.5. The van der Waals surface area contributed by atoms with Gasteiger partial charge in [-0.2, -0.15) is 0 Å². The molecule has 2 N–H and O–H groups in total. The third-order valence-electron chi connectivity index (χ3n) is 5.11. The van der Waals surface area contributed by atoms with Crippen molar-refractivity contribution in [1.29, 1.82) is 0 Å². The van der Waals surface area contributed by atoms with Crippen LogP contribution in [0.15, 0.2) is 11.6 Å². The highest BCUT2D eigenvalue weighted by atomic mass is 16.1. The van der Waals surface area contributed by atoms with Gasteiger partial charge in [-0.05, 0) is 44.9 Å². The lowest BCUT2D eigenvalue weighted by molar-refractivity contribution is -0.125. The summed E-state index contributed by atoms with van der Waals surface area (Å²) >= 11 is 0. The summed E-state index contributed by atoms with van der Waals surface area (Å²) in [5.41, 5.74) is 3.87. The van der Waals surface area contributed by atoms with Gasteiger partial charge < -0.3 is 10.3 Å². The molecule has 2 aliphatic carbocycles. The van der Waals surface area contributed by atoms with Crippen LogP contribution in [0.3, 0.4) is 0 Å². The Bertz CT molecular complexity index is 585. The maximum Gasteiger partial charge on any atom is 0.223 e. The fraction of sp³-hybridized carbons (Fsp3) is 0.684. The molecule has 4 heteroatoms. The van der Waals surface area contributed by atoms with E-state index in [0.29, 0.717) is 5.92 Å². The summed E-state index contributed by atoms with van der Waals surface area (Å²) in [7, 11) is 0. The van der Waals surface area contributed by atoms with Gasteiger partial charge in [-0.3, -0.25) is 4.79 Å². The first kappa shape index (κ1) is 16.3. The van der Waals surface area contributed by atoms with Crippen molar-refractivity contribution in [3.8, 4) is 0 Å². The number of imidazole rings is 1. The zero-order valence-corrected chi connectivity index (χ0v) is 14.5. The molecule has 4 nitrogen and oxygen atoms in total. The van der Waals surface area contributed by atoms with Crippen LogP contribution in [0, 0.1) is 5.92 Å². The van der Waals surface area contributed by atoms with Crippen molar-refractivity contribution in [3.63, 3.8) is 0 Å². The van der Waals surface area contributed by atoms with Gasteiger partial charge in [0.2, 0.25) is 5.91 Å². The normalized spacial score (nSPS) is 21.0. The summed E-state index contributed by atoms with van der Waals surface area (Å²) in [5, 5.41) is 3.15. The molecule has 23 heavy (non-hydrogen) atoms. The van der Waals surface area contributed by atoms with E-state index < -0.39 is 0 Å². The Labute approximate surface area is 139 Å². The molecule has 1 aromatic heterocycles. The molecule has 0 spiro atoms. The third kappa shape index (κ3) is 4.04. The quantitative estimate of drug-likeness (QED) is 0.815. The SMILES string of the molecule is CC(C)c1nc2c([nH]1)C[C@@H](C(=O)NCCC1=CCCCC1)CC2. The minimum atomic E-state index is 0.100. The maximum atomic E-state index is 12.4. The van der Waals surface area contributed by atoms with E-state index in [-0.39, 0.29) is 11.8 Å². The van der Waals surface area contributed by atoms with Gasteiger partial charge in [0.05, 0.1) is 5.69 Å². The standard InChI is InChI=1S/C19H29N3O/c1-13(2)18-21-16-9-8-15(12-17(16)22-18)19(23)20-11-10-14-6-4-3-5-7-14/h6,13,15H,3-5,7-12H2,1-2H3,(H,20,23)(H,21,22)/t15-/m0/s1. The molecule has 1 atom stereocenters. The Morgan fingerprint density at radius 2 is 2.26 bits per heavy atom. The van der Waals surface area contributed by atoms with Crippen LogP contribution in [-0.4, -0.2) is 22.4 Å². The number of aromatic nitrogens is 2. The molecule has 1 amide bonds. The number of hydrogen-bond donors (Lipinski definition) is 2. The predicted molar refractivity (Wildman–Crippen MR) is 92.4 cm³/mol. The number of carbonyl (C=O) groups is 1. The summed E-state index contributed by atoms with van der Waals surface area (Å²) in [5.74, 6) is 1.79. The topological polar surface area (TPSA) is 57.8 Å². The Morgan fingerprint density at radius 1 is 1.39 bits per heavy atom. The molecule has 0 aliphatic heterocycles. The van der Waals surface area contributed by atoms with E-state index in [1.165, 1.54) is 42.6 Å². The molecule has 1 heterocycles. The summed E-state index contributed by atoms with van der Waals surface area (Å²) in [6.45, 7) is 5.08. The number of nitrogens with one attached hydrogen (secondary N) is 2. The summed E-state index contributed by atoms with van der Waals surface area (Å²) < 4.78 is 0. The van der Waals surface area contributed by atoms with Gasteiger partial charge in [0.1, 0.15) is 5.82 Å². The van der Waals surface area contributed by atoms with E-state index in [0.717, 1.165) is 38.1 Å². The van der Waals surface area contributed by atoms with Crippen LogP contribution in [0.4, 0.5) is 0 Å². The molecule has 0 aromatic carbocycles. The number of allylic oxidation sites excluding steroid dienone is 1. The van der Waals surface area contributed by atoms with Crippen molar-refractivity contribution in [3.05, 3.63) is 28.9 Å². The number of H-pyrrole nitrogens is 1. The summed E-state index contributed by atoms with van der Waals surface area (Å²) in [6, 6.07) is 0. The first-order valence-electron chi connectivity index (χ1n) is 9.16. The first-order valence-corrected chi connectivity index (χ1v) is 9.16. The van der Waals surface area contributed by atoms with Crippen LogP contribution >= 0.6 is 0 Å². The zero-order chi connectivity index (χ0) is 16.2. The van der Waals surface area contributed by atoms with Gasteiger partial charge in [0.25, 0.3) is 0 Å². The third-order valence-corrected chi connectivity index (χ3v) is 5.11. The number of carbonyl (C=O) groups excluding carboxylic acids is 1. The Kier molecular flexibility index (Phi) is 5.19. The molecule has 0 radical (unpaired) electrons. The predicted octanol–water partition coefficient (Wildman–Crippen LogP) is 3.64. The molecule has 0 bridgehead atoms. The highest BCUT2D eigenvalue weighted by Gasteiger charge is 2.27. The molecule has 0 unspecified atom stereocenters. The van der Waals surface area contributed by atoms with Crippen molar-refractivity contribution in [2.45, 2.75) is 71.1 Å². The second-order valence-corrected chi connectivity index (χ2v) is 7.29. The van der Waals surface area contributed by atoms with E-state index >= 15 is 0 Å². The molecule has 3 rings (SSSR count). The highest BCUT2D eigenvalue weighted by molar-refractivity contribution is 5.79. The number of aryl methyl sites for hydroxylation is 1. The van der Waals surface area contributed by atoms with Gasteiger partial charge in [0.15, 0.2) is 0 Å². The maximum absolute atomic E-state index is 12.4. The average Bonchev–Trinajstić information content (AvgIpc) is 2.99. The molecule has 126 valence electrons. The smallest absolute Gasteiger partial charge is 0.223 e. The second kappa shape index (κ2) is 7.33. The number of fused-ring (bicyclic) bond motifs is 1. The van der Waals surface area contributed by atoms with Crippen LogP contribution in [0.2, 0.25) is 0 Å². The number of nitrogens with zero attached hydrogens (tertiary/aromatic N) is 1. The van der Waals surface area contributed by atoms with Crippen LogP contribution in [-0.2, 0) is 17.6 Å². The van der Waals surface area contributed by atoms with E-state index in [2.05, 4.69) is 35.2 Å². The fourth-order valence-corrected chi connectivity index (χ4v) is 3.62. The minimum absolute atomic E-state index is 0.100. The molecule has 1 aromatic rings. The lowest BCUT2D eigenvalue weighted by Crippen LogP contribution is -2.34. The number of amides is 1. The van der Waals surface area contributed by atoms with E-state index in [9.17, 15) is 4.79 Å². The molecule has 2 aliphatic rings. The molecule has 0 saturated carbocycles. The van der Waals surface area contributed by atoms with Crippen LogP contribution < -0.4 is 5.32 Å². The van der Waals surface area contributed by atoms with Gasteiger partial charge in [-0.15, -0.1) is 0 Å². The second-order valence-electron chi connectivity index (χ2n) is 7.29. The van der Waals surface area contributed by atoms with Crippen LogP contribution in [0.25, 0.3) is 0 Å². The van der Waals surface area contributed by atoms with E-state index in [4.69, 9.17) is 0 Å². The van der Waals surface area contributed by atoms with Crippen LogP contribution in [0.1, 0.15) is 75.5 Å².